The Morgan fingerprint density at radius 1 is 0.686 bits per heavy atom. The quantitative estimate of drug-likeness (QED) is 0.344. The Hall–Kier alpha value is -1.62. The summed E-state index contributed by atoms with van der Waals surface area (Å²) in [6.07, 6.45) is 1.88. The van der Waals surface area contributed by atoms with Crippen molar-refractivity contribution in [3.05, 3.63) is 87.7 Å². The van der Waals surface area contributed by atoms with Crippen molar-refractivity contribution >= 4 is 11.4 Å². The molecule has 3 aromatic rings. The third-order valence-electron chi connectivity index (χ3n) is 5.93. The van der Waals surface area contributed by atoms with Gasteiger partial charge in [0.25, 0.3) is 0 Å². The maximum Gasteiger partial charge on any atom is 2.00 e. The van der Waals surface area contributed by atoms with Gasteiger partial charge in [0.15, 0.2) is 0 Å². The van der Waals surface area contributed by atoms with Gasteiger partial charge < -0.3 is 35.4 Å². The molecule has 2 N–H and O–H groups in total. The van der Waals surface area contributed by atoms with Gasteiger partial charge in [-0.1, -0.05) is 41.5 Å². The predicted octanol–water partition coefficient (Wildman–Crippen LogP) is -0.0362. The number of nitrogens with one attached hydrogen (secondary N) is 2. The standard InChI is InChI=1S/C28H38N4.2ClH.Tc/c1-20-15-22(3)27(23(4)16-20)30-11-13-32(19-26-9-7-8-10-29-26)14-12-31-28-24(5)17-21(2)18-25(28)6;;;/h7-10,15-18,30-31H,11-14,19H2,1-6H3;2*1H;/q;;;+2/p-2. The molecule has 0 bridgehead atoms. The fourth-order valence-electron chi connectivity index (χ4n) is 4.59. The van der Waals surface area contributed by atoms with Gasteiger partial charge in [0.1, 0.15) is 0 Å². The van der Waals surface area contributed by atoms with E-state index in [2.05, 4.69) is 98.5 Å². The minimum Gasteiger partial charge on any atom is -1.00 e. The SMILES string of the molecule is Cc1cc(C)c(NCCN(CCNc2c(C)cc(C)cc2C)Cc2ccccn2)c(C)c1.[Cl-].[Cl-].[Tc+2]. The first-order valence-electron chi connectivity index (χ1n) is 11.6. The number of benzene rings is 2. The predicted molar refractivity (Wildman–Crippen MR) is 138 cm³/mol. The van der Waals surface area contributed by atoms with E-state index in [0.717, 1.165) is 38.4 Å². The van der Waals surface area contributed by atoms with Gasteiger partial charge in [-0.25, -0.2) is 0 Å². The van der Waals surface area contributed by atoms with Gasteiger partial charge in [0.2, 0.25) is 0 Å². The second-order valence-corrected chi connectivity index (χ2v) is 9.00. The third-order valence-corrected chi connectivity index (χ3v) is 5.93. The van der Waals surface area contributed by atoms with Gasteiger partial charge in [-0.2, -0.15) is 0 Å². The Balaban J connectivity index is 0.00000385. The zero-order valence-corrected chi connectivity index (χ0v) is 25.1. The van der Waals surface area contributed by atoms with Crippen molar-refractivity contribution in [3.63, 3.8) is 0 Å². The molecule has 191 valence electrons. The van der Waals surface area contributed by atoms with Gasteiger partial charge in [-0.05, 0) is 75.9 Å². The molecule has 0 amide bonds. The van der Waals surface area contributed by atoms with E-state index in [1.54, 1.807) is 0 Å². The largest absolute Gasteiger partial charge is 2.00 e. The summed E-state index contributed by atoms with van der Waals surface area (Å²) in [5.41, 5.74) is 11.5. The van der Waals surface area contributed by atoms with Crippen LogP contribution in [0.3, 0.4) is 0 Å². The zero-order chi connectivity index (χ0) is 23.1. The molecule has 2 aromatic carbocycles. The van der Waals surface area contributed by atoms with Crippen molar-refractivity contribution in [2.45, 2.75) is 48.1 Å². The summed E-state index contributed by atoms with van der Waals surface area (Å²) >= 11 is 0. The van der Waals surface area contributed by atoms with Crippen LogP contribution in [0.1, 0.15) is 39.1 Å². The number of rotatable bonds is 10. The average molecular weight is 600 g/mol. The first-order valence-corrected chi connectivity index (χ1v) is 11.6. The molecular formula is C28H38Cl2N4Tc. The molecule has 0 unspecified atom stereocenters. The third kappa shape index (κ3) is 10.1. The van der Waals surface area contributed by atoms with E-state index in [0.29, 0.717) is 0 Å². The molecule has 0 saturated carbocycles. The molecule has 1 heterocycles. The van der Waals surface area contributed by atoms with Crippen molar-refractivity contribution in [3.8, 4) is 0 Å². The van der Waals surface area contributed by atoms with Crippen LogP contribution in [0.25, 0.3) is 0 Å². The van der Waals surface area contributed by atoms with Crippen molar-refractivity contribution < 1.29 is 44.9 Å². The fourth-order valence-corrected chi connectivity index (χ4v) is 4.59. The Morgan fingerprint density at radius 3 is 1.49 bits per heavy atom. The van der Waals surface area contributed by atoms with Crippen LogP contribution in [0.4, 0.5) is 11.4 Å². The molecule has 1 aromatic heterocycles. The summed E-state index contributed by atoms with van der Waals surface area (Å²) in [7, 11) is 0. The minimum atomic E-state index is 0. The van der Waals surface area contributed by atoms with E-state index < -0.39 is 0 Å². The number of hydrogen-bond acceptors (Lipinski definition) is 4. The summed E-state index contributed by atoms with van der Waals surface area (Å²) in [6.45, 7) is 17.6. The Kier molecular flexibility index (Phi) is 15.4. The van der Waals surface area contributed by atoms with Crippen LogP contribution in [-0.2, 0) is 26.7 Å². The van der Waals surface area contributed by atoms with Crippen LogP contribution < -0.4 is 35.4 Å². The summed E-state index contributed by atoms with van der Waals surface area (Å²) in [5.74, 6) is 0. The Morgan fingerprint density at radius 2 is 1.11 bits per heavy atom. The molecule has 0 saturated heterocycles. The van der Waals surface area contributed by atoms with Crippen molar-refractivity contribution in [2.24, 2.45) is 0 Å². The zero-order valence-electron chi connectivity index (χ0n) is 21.7. The van der Waals surface area contributed by atoms with Crippen molar-refractivity contribution in [1.82, 2.24) is 9.88 Å². The van der Waals surface area contributed by atoms with Crippen LogP contribution in [-0.4, -0.2) is 36.1 Å². The van der Waals surface area contributed by atoms with Crippen LogP contribution in [0.15, 0.2) is 48.7 Å². The van der Waals surface area contributed by atoms with Crippen molar-refractivity contribution in [1.29, 1.82) is 0 Å². The van der Waals surface area contributed by atoms with E-state index in [1.807, 2.05) is 12.3 Å². The number of halogens is 2. The summed E-state index contributed by atoms with van der Waals surface area (Å²) in [6, 6.07) is 15.1. The number of anilines is 2. The van der Waals surface area contributed by atoms with Gasteiger partial charge in [0.05, 0.1) is 5.69 Å². The molecule has 35 heavy (non-hydrogen) atoms. The maximum atomic E-state index is 4.54. The number of pyridine rings is 1. The second kappa shape index (κ2) is 16.2. The normalized spacial score (nSPS) is 10.1. The minimum absolute atomic E-state index is 0. The molecule has 0 aliphatic carbocycles. The van der Waals surface area contributed by atoms with Crippen LogP contribution in [0.2, 0.25) is 0 Å². The van der Waals surface area contributed by atoms with Crippen LogP contribution >= 0.6 is 0 Å². The van der Waals surface area contributed by atoms with E-state index in [9.17, 15) is 0 Å². The molecule has 0 spiro atoms. The first-order chi connectivity index (χ1) is 15.3. The van der Waals surface area contributed by atoms with Gasteiger partial charge >= 0.3 is 20.1 Å². The fraction of sp³-hybridized carbons (Fsp3) is 0.393. The number of aryl methyl sites for hydroxylation is 6. The summed E-state index contributed by atoms with van der Waals surface area (Å²) < 4.78 is 0. The summed E-state index contributed by atoms with van der Waals surface area (Å²) in [5, 5.41) is 7.35. The Bertz CT molecular complexity index is 935. The molecule has 7 heteroatoms. The molecule has 0 fully saturated rings. The summed E-state index contributed by atoms with van der Waals surface area (Å²) in [4.78, 5) is 7.02. The van der Waals surface area contributed by atoms with Crippen LogP contribution in [0.5, 0.6) is 0 Å². The van der Waals surface area contributed by atoms with Gasteiger partial charge in [-0.3, -0.25) is 9.88 Å². The van der Waals surface area contributed by atoms with Gasteiger partial charge in [0, 0.05) is 50.3 Å². The number of nitrogens with zero attached hydrogens (tertiary/aromatic N) is 2. The first kappa shape index (κ1) is 33.4. The van der Waals surface area contributed by atoms with Gasteiger partial charge in [-0.15, -0.1) is 0 Å². The number of hydrogen-bond donors (Lipinski definition) is 2. The molecule has 0 atom stereocenters. The average Bonchev–Trinajstić information content (AvgIpc) is 2.72. The molecule has 4 nitrogen and oxygen atoms in total. The molecule has 0 aliphatic heterocycles. The topological polar surface area (TPSA) is 40.2 Å². The second-order valence-electron chi connectivity index (χ2n) is 9.00. The molecule has 3 rings (SSSR count). The van der Waals surface area contributed by atoms with Crippen LogP contribution in [0, 0.1) is 41.5 Å². The van der Waals surface area contributed by atoms with E-state index >= 15 is 0 Å². The maximum absolute atomic E-state index is 4.54. The smallest absolute Gasteiger partial charge is 1.00 e. The van der Waals surface area contributed by atoms with E-state index in [-0.39, 0.29) is 44.9 Å². The number of aromatic nitrogens is 1. The Labute approximate surface area is 237 Å². The van der Waals surface area contributed by atoms with Crippen molar-refractivity contribution in [2.75, 3.05) is 36.8 Å². The van der Waals surface area contributed by atoms with E-state index in [4.69, 9.17) is 0 Å². The molecule has 1 radical (unpaired) electrons. The molecule has 0 aliphatic rings. The van der Waals surface area contributed by atoms with E-state index in [1.165, 1.54) is 44.8 Å². The molecular weight excluding hydrogens is 561 g/mol. The monoisotopic (exact) mass is 597 g/mol.